The molecule has 0 aromatic heterocycles. The summed E-state index contributed by atoms with van der Waals surface area (Å²) in [5.74, 6) is 0. The Morgan fingerprint density at radius 3 is 1.64 bits per heavy atom. The van der Waals surface area contributed by atoms with Crippen molar-refractivity contribution in [3.63, 3.8) is 0 Å². The molecule has 0 nitrogen and oxygen atoms in total. The van der Waals surface area contributed by atoms with Crippen molar-refractivity contribution in [2.45, 2.75) is 32.6 Å². The first kappa shape index (κ1) is 12.9. The van der Waals surface area contributed by atoms with Gasteiger partial charge in [-0.15, -0.1) is 19.7 Å². The molecule has 0 aliphatic carbocycles. The highest BCUT2D eigenvalue weighted by Crippen LogP contribution is 1.91. The Hall–Kier alpha value is -0.780. The average molecular weight is 152 g/mol. The number of unbranched alkanes of at least 4 members (excludes halogenated alkanes) is 2. The van der Waals surface area contributed by atoms with Crippen LogP contribution in [0.15, 0.2) is 38.0 Å². The van der Waals surface area contributed by atoms with Gasteiger partial charge in [0.05, 0.1) is 0 Å². The first-order valence-corrected chi connectivity index (χ1v) is 4.16. The van der Waals surface area contributed by atoms with E-state index in [1.807, 2.05) is 18.2 Å². The van der Waals surface area contributed by atoms with E-state index in [2.05, 4.69) is 26.7 Å². The predicted octanol–water partition coefficient (Wildman–Crippen LogP) is 4.11. The average Bonchev–Trinajstić information content (AvgIpc) is 2.04. The highest BCUT2D eigenvalue weighted by Gasteiger charge is 1.71. The maximum atomic E-state index is 3.60. The highest BCUT2D eigenvalue weighted by atomic mass is 13.8. The van der Waals surface area contributed by atoms with E-state index >= 15 is 0 Å². The summed E-state index contributed by atoms with van der Waals surface area (Å²) < 4.78 is 0. The Kier molecular flexibility index (Phi) is 18.8. The molecular weight excluding hydrogens is 132 g/mol. The van der Waals surface area contributed by atoms with Gasteiger partial charge in [-0.05, 0) is 12.8 Å². The molecule has 0 radical (unpaired) electrons. The molecule has 0 heteroatoms. The molecule has 0 aliphatic heterocycles. The van der Waals surface area contributed by atoms with Crippen molar-refractivity contribution in [1.29, 1.82) is 0 Å². The van der Waals surface area contributed by atoms with E-state index < -0.39 is 0 Å². The van der Waals surface area contributed by atoms with Crippen molar-refractivity contribution in [3.05, 3.63) is 38.0 Å². The molecule has 0 fully saturated rings. The van der Waals surface area contributed by atoms with E-state index in [1.165, 1.54) is 19.3 Å². The van der Waals surface area contributed by atoms with E-state index in [1.54, 1.807) is 0 Å². The summed E-state index contributed by atoms with van der Waals surface area (Å²) in [7, 11) is 0. The largest absolute Gasteiger partial charge is 0.103 e. The van der Waals surface area contributed by atoms with Gasteiger partial charge in [-0.3, -0.25) is 0 Å². The maximum absolute atomic E-state index is 3.60. The van der Waals surface area contributed by atoms with Crippen molar-refractivity contribution in [2.24, 2.45) is 0 Å². The standard InChI is InChI=1S/C6H12.C5H8/c1-3-5-6-4-2;1-3-5-4-2/h3H,1,4-6H2,2H3;3-4H,1-2,5H2. The Morgan fingerprint density at radius 2 is 1.55 bits per heavy atom. The molecule has 11 heavy (non-hydrogen) atoms. The summed E-state index contributed by atoms with van der Waals surface area (Å²) in [6.07, 6.45) is 10.3. The van der Waals surface area contributed by atoms with Crippen LogP contribution in [0.2, 0.25) is 0 Å². The van der Waals surface area contributed by atoms with Crippen LogP contribution in [0.25, 0.3) is 0 Å². The van der Waals surface area contributed by atoms with Gasteiger partial charge in [0, 0.05) is 0 Å². The van der Waals surface area contributed by atoms with Crippen LogP contribution < -0.4 is 0 Å². The lowest BCUT2D eigenvalue weighted by molar-refractivity contribution is 0.816. The summed E-state index contributed by atoms with van der Waals surface area (Å²) in [5, 5.41) is 0. The van der Waals surface area contributed by atoms with Crippen LogP contribution in [-0.2, 0) is 0 Å². The Morgan fingerprint density at radius 1 is 1.00 bits per heavy atom. The molecular formula is C11H20. The van der Waals surface area contributed by atoms with Crippen molar-refractivity contribution < 1.29 is 0 Å². The molecule has 64 valence electrons. The van der Waals surface area contributed by atoms with E-state index in [4.69, 9.17) is 0 Å². The first-order chi connectivity index (χ1) is 5.33. The second-order valence-corrected chi connectivity index (χ2v) is 2.24. The minimum Gasteiger partial charge on any atom is -0.103 e. The Labute approximate surface area is 71.3 Å². The van der Waals surface area contributed by atoms with Gasteiger partial charge in [0.1, 0.15) is 0 Å². The van der Waals surface area contributed by atoms with Crippen LogP contribution >= 0.6 is 0 Å². The van der Waals surface area contributed by atoms with E-state index in [0.717, 1.165) is 6.42 Å². The molecule has 0 spiro atoms. The summed E-state index contributed by atoms with van der Waals surface area (Å²) in [6, 6.07) is 0. The highest BCUT2D eigenvalue weighted by molar-refractivity contribution is 4.79. The third kappa shape index (κ3) is 27.0. The molecule has 0 unspecified atom stereocenters. The van der Waals surface area contributed by atoms with Gasteiger partial charge in [0.2, 0.25) is 0 Å². The zero-order valence-corrected chi connectivity index (χ0v) is 7.68. The Balaban J connectivity index is 0. The lowest BCUT2D eigenvalue weighted by Gasteiger charge is -1.81. The molecule has 0 amide bonds. The third-order valence-electron chi connectivity index (χ3n) is 1.10. The second-order valence-electron chi connectivity index (χ2n) is 2.24. The van der Waals surface area contributed by atoms with Gasteiger partial charge in [0.25, 0.3) is 0 Å². The van der Waals surface area contributed by atoms with E-state index in [-0.39, 0.29) is 0 Å². The fourth-order valence-electron chi connectivity index (χ4n) is 0.466. The number of hydrogen-bond donors (Lipinski definition) is 0. The van der Waals surface area contributed by atoms with Crippen molar-refractivity contribution in [3.8, 4) is 0 Å². The molecule has 0 heterocycles. The fraction of sp³-hybridized carbons (Fsp3) is 0.455. The number of hydrogen-bond acceptors (Lipinski definition) is 0. The molecule has 0 saturated heterocycles. The molecule has 0 bridgehead atoms. The van der Waals surface area contributed by atoms with Gasteiger partial charge in [-0.1, -0.05) is 38.0 Å². The quantitative estimate of drug-likeness (QED) is 0.411. The third-order valence-corrected chi connectivity index (χ3v) is 1.10. The van der Waals surface area contributed by atoms with Crippen LogP contribution in [0.4, 0.5) is 0 Å². The van der Waals surface area contributed by atoms with Crippen molar-refractivity contribution in [1.82, 2.24) is 0 Å². The van der Waals surface area contributed by atoms with Crippen LogP contribution in [0.1, 0.15) is 32.6 Å². The zero-order chi connectivity index (χ0) is 8.95. The smallest absolute Gasteiger partial charge is 0.0175 e. The SMILES string of the molecule is C=CCC=C.C=CCCCC. The van der Waals surface area contributed by atoms with Crippen LogP contribution in [0, 0.1) is 0 Å². The molecule has 0 aliphatic rings. The van der Waals surface area contributed by atoms with Gasteiger partial charge >= 0.3 is 0 Å². The summed E-state index contributed by atoms with van der Waals surface area (Å²) in [6.45, 7) is 12.7. The summed E-state index contributed by atoms with van der Waals surface area (Å²) >= 11 is 0. The predicted molar refractivity (Wildman–Crippen MR) is 54.7 cm³/mol. The fourth-order valence-corrected chi connectivity index (χ4v) is 0.466. The number of rotatable bonds is 5. The van der Waals surface area contributed by atoms with Crippen molar-refractivity contribution >= 4 is 0 Å². The zero-order valence-electron chi connectivity index (χ0n) is 7.68. The molecule has 0 rings (SSSR count). The minimum atomic E-state index is 0.917. The molecule has 0 N–H and O–H groups in total. The normalized spacial score (nSPS) is 7.36. The number of allylic oxidation sites excluding steroid dienone is 3. The van der Waals surface area contributed by atoms with Gasteiger partial charge in [-0.25, -0.2) is 0 Å². The van der Waals surface area contributed by atoms with Crippen LogP contribution in [0.5, 0.6) is 0 Å². The van der Waals surface area contributed by atoms with Crippen LogP contribution in [0.3, 0.4) is 0 Å². The van der Waals surface area contributed by atoms with Gasteiger partial charge < -0.3 is 0 Å². The van der Waals surface area contributed by atoms with Gasteiger partial charge in [-0.2, -0.15) is 0 Å². The molecule has 0 saturated carbocycles. The van der Waals surface area contributed by atoms with E-state index in [9.17, 15) is 0 Å². The van der Waals surface area contributed by atoms with E-state index in [0.29, 0.717) is 0 Å². The monoisotopic (exact) mass is 152 g/mol. The lowest BCUT2D eigenvalue weighted by Crippen LogP contribution is -1.61. The Bertz CT molecular complexity index is 84.2. The molecule has 0 aromatic rings. The van der Waals surface area contributed by atoms with Crippen molar-refractivity contribution in [2.75, 3.05) is 0 Å². The summed E-state index contributed by atoms with van der Waals surface area (Å²) in [4.78, 5) is 0. The maximum Gasteiger partial charge on any atom is -0.0175 e. The molecule has 0 aromatic carbocycles. The molecule has 0 atom stereocenters. The topological polar surface area (TPSA) is 0 Å². The summed E-state index contributed by atoms with van der Waals surface area (Å²) in [5.41, 5.74) is 0. The minimum absolute atomic E-state index is 0.917. The second kappa shape index (κ2) is 16.1. The first-order valence-electron chi connectivity index (χ1n) is 4.16. The van der Waals surface area contributed by atoms with Crippen LogP contribution in [-0.4, -0.2) is 0 Å². The van der Waals surface area contributed by atoms with Gasteiger partial charge in [0.15, 0.2) is 0 Å². The lowest BCUT2D eigenvalue weighted by atomic mass is 10.3.